The number of methoxy groups -OCH3 is 2. The van der Waals surface area contributed by atoms with E-state index >= 15 is 0 Å². The summed E-state index contributed by atoms with van der Waals surface area (Å²) in [5.74, 6) is 2.64. The lowest BCUT2D eigenvalue weighted by Gasteiger charge is -2.35. The van der Waals surface area contributed by atoms with Crippen LogP contribution in [0.5, 0.6) is 11.5 Å². The first-order valence-electron chi connectivity index (χ1n) is 8.29. The number of thioether (sulfide) groups is 1. The minimum absolute atomic E-state index is 0.358. The molecule has 0 radical (unpaired) electrons. The molecule has 24 heavy (non-hydrogen) atoms. The Bertz CT molecular complexity index is 661. The van der Waals surface area contributed by atoms with Gasteiger partial charge in [0.25, 0.3) is 0 Å². The Labute approximate surface area is 147 Å². The fourth-order valence-electron chi connectivity index (χ4n) is 3.38. The SMILES string of the molecule is COc1cc(CN2CCCCC2c2ncc[nH]2)c(SC)cc1OC. The van der Waals surface area contributed by atoms with E-state index in [1.807, 2.05) is 12.4 Å². The Morgan fingerprint density at radius 3 is 2.71 bits per heavy atom. The molecule has 130 valence electrons. The Kier molecular flexibility index (Phi) is 5.68. The van der Waals surface area contributed by atoms with Crippen molar-refractivity contribution in [2.75, 3.05) is 27.0 Å². The molecule has 1 aromatic carbocycles. The zero-order valence-electron chi connectivity index (χ0n) is 14.5. The average molecular weight is 347 g/mol. The molecule has 1 saturated heterocycles. The van der Waals surface area contributed by atoms with Crippen LogP contribution in [0.15, 0.2) is 29.4 Å². The van der Waals surface area contributed by atoms with E-state index in [4.69, 9.17) is 9.47 Å². The molecule has 0 aliphatic carbocycles. The number of aromatic nitrogens is 2. The lowest BCUT2D eigenvalue weighted by Crippen LogP contribution is -2.33. The van der Waals surface area contributed by atoms with Crippen LogP contribution in [0.2, 0.25) is 0 Å². The number of imidazole rings is 1. The summed E-state index contributed by atoms with van der Waals surface area (Å²) in [5, 5.41) is 0. The molecule has 1 aliphatic rings. The maximum atomic E-state index is 5.49. The van der Waals surface area contributed by atoms with Crippen LogP contribution in [0.3, 0.4) is 0 Å². The van der Waals surface area contributed by atoms with Crippen molar-refractivity contribution in [3.05, 3.63) is 35.9 Å². The van der Waals surface area contributed by atoms with Crippen molar-refractivity contribution < 1.29 is 9.47 Å². The summed E-state index contributed by atoms with van der Waals surface area (Å²) >= 11 is 1.75. The number of nitrogens with zero attached hydrogens (tertiary/aromatic N) is 2. The molecule has 3 rings (SSSR count). The average Bonchev–Trinajstić information content (AvgIpc) is 3.16. The van der Waals surface area contributed by atoms with Gasteiger partial charge in [0.2, 0.25) is 0 Å². The third kappa shape index (κ3) is 3.54. The summed E-state index contributed by atoms with van der Waals surface area (Å²) in [6.07, 6.45) is 9.49. The molecule has 2 heterocycles. The van der Waals surface area contributed by atoms with E-state index in [1.165, 1.54) is 23.3 Å². The molecule has 1 atom stereocenters. The van der Waals surface area contributed by atoms with Crippen molar-refractivity contribution >= 4 is 11.8 Å². The highest BCUT2D eigenvalue weighted by atomic mass is 32.2. The minimum Gasteiger partial charge on any atom is -0.493 e. The van der Waals surface area contributed by atoms with E-state index in [0.29, 0.717) is 6.04 Å². The number of nitrogens with one attached hydrogen (secondary N) is 1. The van der Waals surface area contributed by atoms with Gasteiger partial charge in [0.05, 0.1) is 20.3 Å². The molecule has 1 N–H and O–H groups in total. The lowest BCUT2D eigenvalue weighted by molar-refractivity contribution is 0.133. The van der Waals surface area contributed by atoms with Crippen molar-refractivity contribution in [3.8, 4) is 11.5 Å². The number of piperidine rings is 1. The van der Waals surface area contributed by atoms with Gasteiger partial charge in [-0.05, 0) is 43.3 Å². The molecule has 0 saturated carbocycles. The van der Waals surface area contributed by atoms with Gasteiger partial charge >= 0.3 is 0 Å². The number of aromatic amines is 1. The predicted molar refractivity (Wildman–Crippen MR) is 96.9 cm³/mol. The molecule has 0 bridgehead atoms. The fraction of sp³-hybridized carbons (Fsp3) is 0.500. The highest BCUT2D eigenvalue weighted by molar-refractivity contribution is 7.98. The number of likely N-dealkylation sites (tertiary alicyclic amines) is 1. The molecule has 0 spiro atoms. The Morgan fingerprint density at radius 1 is 1.25 bits per heavy atom. The van der Waals surface area contributed by atoms with Gasteiger partial charge in [0, 0.05) is 23.8 Å². The number of hydrogen-bond donors (Lipinski definition) is 1. The number of hydrogen-bond acceptors (Lipinski definition) is 5. The molecule has 1 unspecified atom stereocenters. The first-order valence-corrected chi connectivity index (χ1v) is 9.51. The van der Waals surface area contributed by atoms with Gasteiger partial charge in [-0.3, -0.25) is 4.90 Å². The van der Waals surface area contributed by atoms with Crippen LogP contribution in [0, 0.1) is 0 Å². The molecule has 1 fully saturated rings. The molecule has 1 aliphatic heterocycles. The monoisotopic (exact) mass is 347 g/mol. The summed E-state index contributed by atoms with van der Waals surface area (Å²) in [7, 11) is 3.37. The second-order valence-electron chi connectivity index (χ2n) is 5.98. The van der Waals surface area contributed by atoms with Crippen molar-refractivity contribution in [2.24, 2.45) is 0 Å². The molecule has 5 nitrogen and oxygen atoms in total. The summed E-state index contributed by atoms with van der Waals surface area (Å²) in [4.78, 5) is 11.5. The second-order valence-corrected chi connectivity index (χ2v) is 6.82. The Balaban J connectivity index is 1.88. The summed E-state index contributed by atoms with van der Waals surface area (Å²) in [5.41, 5.74) is 1.28. The summed E-state index contributed by atoms with van der Waals surface area (Å²) < 4.78 is 10.9. The zero-order valence-corrected chi connectivity index (χ0v) is 15.4. The van der Waals surface area contributed by atoms with Crippen LogP contribution in [0.1, 0.15) is 36.7 Å². The van der Waals surface area contributed by atoms with Gasteiger partial charge in [-0.15, -0.1) is 11.8 Å². The predicted octanol–water partition coefficient (Wildman–Crippen LogP) is 3.88. The Morgan fingerprint density at radius 2 is 2.04 bits per heavy atom. The number of rotatable bonds is 6. The highest BCUT2D eigenvalue weighted by Gasteiger charge is 2.26. The molecule has 6 heteroatoms. The van der Waals surface area contributed by atoms with Crippen molar-refractivity contribution in [1.29, 1.82) is 0 Å². The van der Waals surface area contributed by atoms with Crippen LogP contribution in [-0.2, 0) is 6.54 Å². The fourth-order valence-corrected chi connectivity index (χ4v) is 3.99. The van der Waals surface area contributed by atoms with E-state index in [1.54, 1.807) is 26.0 Å². The van der Waals surface area contributed by atoms with Crippen LogP contribution < -0.4 is 9.47 Å². The lowest BCUT2D eigenvalue weighted by atomic mass is 10.0. The Hall–Kier alpha value is -1.66. The van der Waals surface area contributed by atoms with Crippen LogP contribution in [-0.4, -0.2) is 41.9 Å². The minimum atomic E-state index is 0.358. The van der Waals surface area contributed by atoms with Crippen molar-refractivity contribution in [3.63, 3.8) is 0 Å². The highest BCUT2D eigenvalue weighted by Crippen LogP contribution is 2.37. The van der Waals surface area contributed by atoms with Gasteiger partial charge in [-0.1, -0.05) is 6.42 Å². The maximum Gasteiger partial charge on any atom is 0.161 e. The molecular weight excluding hydrogens is 322 g/mol. The van der Waals surface area contributed by atoms with Crippen LogP contribution in [0.4, 0.5) is 0 Å². The third-order valence-corrected chi connectivity index (χ3v) is 5.43. The van der Waals surface area contributed by atoms with Gasteiger partial charge in [-0.25, -0.2) is 4.98 Å². The van der Waals surface area contributed by atoms with E-state index in [0.717, 1.165) is 36.8 Å². The maximum absolute atomic E-state index is 5.49. The molecular formula is C18H25N3O2S. The van der Waals surface area contributed by atoms with Gasteiger partial charge in [-0.2, -0.15) is 0 Å². The number of H-pyrrole nitrogens is 1. The normalized spacial score (nSPS) is 18.5. The topological polar surface area (TPSA) is 50.4 Å². The van der Waals surface area contributed by atoms with Crippen molar-refractivity contribution in [1.82, 2.24) is 14.9 Å². The van der Waals surface area contributed by atoms with E-state index in [-0.39, 0.29) is 0 Å². The quantitative estimate of drug-likeness (QED) is 0.804. The van der Waals surface area contributed by atoms with Crippen LogP contribution in [0.25, 0.3) is 0 Å². The smallest absolute Gasteiger partial charge is 0.161 e. The molecule has 1 aromatic heterocycles. The number of benzene rings is 1. The third-order valence-electron chi connectivity index (χ3n) is 4.61. The van der Waals surface area contributed by atoms with Gasteiger partial charge in [0.15, 0.2) is 11.5 Å². The first kappa shape index (κ1) is 17.2. The first-order chi connectivity index (χ1) is 11.8. The molecule has 2 aromatic rings. The zero-order chi connectivity index (χ0) is 16.9. The largest absolute Gasteiger partial charge is 0.493 e. The number of ether oxygens (including phenoxy) is 2. The molecule has 0 amide bonds. The second kappa shape index (κ2) is 7.94. The van der Waals surface area contributed by atoms with Crippen LogP contribution >= 0.6 is 11.8 Å². The standard InChI is InChI=1S/C18H25N3O2S/c1-22-15-10-13(17(24-3)11-16(15)23-2)12-21-9-5-4-6-14(21)18-19-7-8-20-18/h7-8,10-11,14H,4-6,9,12H2,1-3H3,(H,19,20). The summed E-state index contributed by atoms with van der Waals surface area (Å²) in [6.45, 7) is 1.98. The van der Waals surface area contributed by atoms with Crippen molar-refractivity contribution in [2.45, 2.75) is 36.7 Å². The van der Waals surface area contributed by atoms with Gasteiger partial charge in [0.1, 0.15) is 5.82 Å². The van der Waals surface area contributed by atoms with Gasteiger partial charge < -0.3 is 14.5 Å². The summed E-state index contributed by atoms with van der Waals surface area (Å²) in [6, 6.07) is 4.54. The van der Waals surface area contributed by atoms with E-state index in [2.05, 4.69) is 33.3 Å². The van der Waals surface area contributed by atoms with E-state index < -0.39 is 0 Å². The van der Waals surface area contributed by atoms with E-state index in [9.17, 15) is 0 Å².